The van der Waals surface area contributed by atoms with Gasteiger partial charge in [-0.25, -0.2) is 0 Å². The van der Waals surface area contributed by atoms with Crippen LogP contribution in [0.1, 0.15) is 42.1 Å². The zero-order valence-corrected chi connectivity index (χ0v) is 16.9. The Balaban J connectivity index is 1.71. The number of hydrogen-bond donors (Lipinski definition) is 1. The predicted octanol–water partition coefficient (Wildman–Crippen LogP) is 3.58. The molecule has 2 unspecified atom stereocenters. The second kappa shape index (κ2) is 9.39. The van der Waals surface area contributed by atoms with E-state index in [4.69, 9.17) is 5.11 Å². The minimum Gasteiger partial charge on any atom is -0.389 e. The molecule has 148 valence electrons. The quantitative estimate of drug-likeness (QED) is 0.724. The molecule has 28 heavy (non-hydrogen) atoms. The molecule has 0 aliphatic carbocycles. The SMILES string of the molecule is CCCc1ccc(-c2ccc(C(=O)C3CCS(=O)[C@@H](C(=O)CO)C3)cc2)cc1. The Morgan fingerprint density at radius 3 is 2.21 bits per heavy atom. The third-order valence-electron chi connectivity index (χ3n) is 5.36. The summed E-state index contributed by atoms with van der Waals surface area (Å²) < 4.78 is 12.0. The molecule has 3 atom stereocenters. The molecule has 0 aromatic heterocycles. The van der Waals surface area contributed by atoms with Crippen molar-refractivity contribution in [2.75, 3.05) is 12.4 Å². The Hall–Kier alpha value is -2.11. The van der Waals surface area contributed by atoms with Crippen molar-refractivity contribution < 1.29 is 18.9 Å². The van der Waals surface area contributed by atoms with E-state index in [1.54, 1.807) is 0 Å². The highest BCUT2D eigenvalue weighted by Gasteiger charge is 2.35. The molecule has 0 radical (unpaired) electrons. The molecule has 5 heteroatoms. The van der Waals surface area contributed by atoms with Crippen LogP contribution >= 0.6 is 0 Å². The van der Waals surface area contributed by atoms with Crippen molar-refractivity contribution in [3.63, 3.8) is 0 Å². The fourth-order valence-corrected chi connectivity index (χ4v) is 5.33. The van der Waals surface area contributed by atoms with Crippen LogP contribution in [0.2, 0.25) is 0 Å². The van der Waals surface area contributed by atoms with Gasteiger partial charge in [-0.15, -0.1) is 0 Å². The third kappa shape index (κ3) is 4.65. The largest absolute Gasteiger partial charge is 0.389 e. The smallest absolute Gasteiger partial charge is 0.173 e. The third-order valence-corrected chi connectivity index (χ3v) is 7.09. The molecule has 0 spiro atoms. The van der Waals surface area contributed by atoms with Gasteiger partial charge in [0.15, 0.2) is 11.6 Å². The van der Waals surface area contributed by atoms with E-state index in [1.807, 2.05) is 24.3 Å². The highest BCUT2D eigenvalue weighted by Crippen LogP contribution is 2.28. The number of ketones is 2. The average molecular weight is 399 g/mol. The number of hydrogen-bond acceptors (Lipinski definition) is 4. The fourth-order valence-electron chi connectivity index (χ4n) is 3.72. The predicted molar refractivity (Wildman–Crippen MR) is 112 cm³/mol. The van der Waals surface area contributed by atoms with Gasteiger partial charge in [0, 0.05) is 28.0 Å². The number of Topliss-reactive ketones (excluding diaryl/α,β-unsaturated/α-hetero) is 2. The van der Waals surface area contributed by atoms with Crippen molar-refractivity contribution in [2.45, 2.75) is 37.9 Å². The van der Waals surface area contributed by atoms with Crippen LogP contribution in [0.3, 0.4) is 0 Å². The molecule has 1 fully saturated rings. The van der Waals surface area contributed by atoms with Gasteiger partial charge in [0.25, 0.3) is 0 Å². The summed E-state index contributed by atoms with van der Waals surface area (Å²) in [5.74, 6) is -0.443. The standard InChI is InChI=1S/C23H26O4S/c1-2-3-16-4-6-17(7-5-16)18-8-10-19(11-9-18)23(26)20-12-13-28(27)22(14-20)21(25)15-24/h4-11,20,22,24H,2-3,12-15H2,1H3/t20?,22-,28?/m1/s1. The van der Waals surface area contributed by atoms with E-state index in [9.17, 15) is 13.8 Å². The summed E-state index contributed by atoms with van der Waals surface area (Å²) in [6, 6.07) is 16.0. The molecular formula is C23H26O4S. The summed E-state index contributed by atoms with van der Waals surface area (Å²) in [7, 11) is -1.30. The first-order chi connectivity index (χ1) is 13.5. The van der Waals surface area contributed by atoms with Gasteiger partial charge in [-0.05, 0) is 36.0 Å². The molecule has 0 saturated carbocycles. The van der Waals surface area contributed by atoms with Crippen LogP contribution in [0, 0.1) is 5.92 Å². The summed E-state index contributed by atoms with van der Waals surface area (Å²) in [6.07, 6.45) is 2.96. The molecule has 1 aliphatic rings. The maximum absolute atomic E-state index is 12.9. The lowest BCUT2D eigenvalue weighted by molar-refractivity contribution is -0.121. The van der Waals surface area contributed by atoms with Crippen LogP contribution in [0.5, 0.6) is 0 Å². The molecule has 1 saturated heterocycles. The zero-order valence-electron chi connectivity index (χ0n) is 16.1. The Morgan fingerprint density at radius 2 is 1.64 bits per heavy atom. The first kappa shape index (κ1) is 20.6. The summed E-state index contributed by atoms with van der Waals surface area (Å²) in [6.45, 7) is 1.54. The van der Waals surface area contributed by atoms with Crippen LogP contribution in [-0.2, 0) is 22.0 Å². The molecular weight excluding hydrogens is 372 g/mol. The van der Waals surface area contributed by atoms with Crippen LogP contribution in [0.4, 0.5) is 0 Å². The van der Waals surface area contributed by atoms with Gasteiger partial charge in [0.2, 0.25) is 0 Å². The maximum Gasteiger partial charge on any atom is 0.173 e. The van der Waals surface area contributed by atoms with Gasteiger partial charge in [-0.2, -0.15) is 0 Å². The van der Waals surface area contributed by atoms with E-state index in [0.29, 0.717) is 17.7 Å². The lowest BCUT2D eigenvalue weighted by Gasteiger charge is -2.26. The monoisotopic (exact) mass is 398 g/mol. The highest BCUT2D eigenvalue weighted by atomic mass is 32.2. The molecule has 3 rings (SSSR count). The van der Waals surface area contributed by atoms with Gasteiger partial charge in [0.05, 0.1) is 5.25 Å². The number of aryl methyl sites for hydroxylation is 1. The van der Waals surface area contributed by atoms with Gasteiger partial charge in [-0.1, -0.05) is 61.9 Å². The van der Waals surface area contributed by atoms with Crippen molar-refractivity contribution in [3.8, 4) is 11.1 Å². The topological polar surface area (TPSA) is 71.4 Å². The van der Waals surface area contributed by atoms with Gasteiger partial charge < -0.3 is 5.11 Å². The van der Waals surface area contributed by atoms with Gasteiger partial charge in [-0.3, -0.25) is 13.8 Å². The minimum absolute atomic E-state index is 0.0164. The lowest BCUT2D eigenvalue weighted by atomic mass is 9.89. The number of carbonyl (C=O) groups is 2. The lowest BCUT2D eigenvalue weighted by Crippen LogP contribution is -2.38. The van der Waals surface area contributed by atoms with E-state index in [2.05, 4.69) is 31.2 Å². The van der Waals surface area contributed by atoms with Crippen molar-refractivity contribution in [3.05, 3.63) is 59.7 Å². The van der Waals surface area contributed by atoms with Crippen LogP contribution in [0.15, 0.2) is 48.5 Å². The molecule has 2 aromatic carbocycles. The molecule has 1 heterocycles. The zero-order chi connectivity index (χ0) is 20.1. The van der Waals surface area contributed by atoms with Crippen molar-refractivity contribution in [2.24, 2.45) is 5.92 Å². The van der Waals surface area contributed by atoms with Crippen LogP contribution in [-0.4, -0.2) is 38.5 Å². The number of rotatable bonds is 7. The normalized spacial score (nSPS) is 22.0. The summed E-state index contributed by atoms with van der Waals surface area (Å²) >= 11 is 0. The summed E-state index contributed by atoms with van der Waals surface area (Å²) in [5.41, 5.74) is 4.09. The van der Waals surface area contributed by atoms with E-state index in [-0.39, 0.29) is 18.1 Å². The van der Waals surface area contributed by atoms with Crippen molar-refractivity contribution in [1.29, 1.82) is 0 Å². The number of carbonyl (C=O) groups excluding carboxylic acids is 2. The van der Waals surface area contributed by atoms with E-state index in [1.165, 1.54) is 5.56 Å². The molecule has 0 amide bonds. The molecule has 4 nitrogen and oxygen atoms in total. The van der Waals surface area contributed by atoms with E-state index < -0.39 is 28.4 Å². The maximum atomic E-state index is 12.9. The summed E-state index contributed by atoms with van der Waals surface area (Å²) in [4.78, 5) is 24.6. The average Bonchev–Trinajstić information content (AvgIpc) is 2.74. The van der Waals surface area contributed by atoms with Gasteiger partial charge in [0.1, 0.15) is 6.61 Å². The van der Waals surface area contributed by atoms with Crippen molar-refractivity contribution in [1.82, 2.24) is 0 Å². The first-order valence-electron chi connectivity index (χ1n) is 9.77. The van der Waals surface area contributed by atoms with Gasteiger partial charge >= 0.3 is 0 Å². The second-order valence-electron chi connectivity index (χ2n) is 7.31. The fraction of sp³-hybridized carbons (Fsp3) is 0.391. The second-order valence-corrected chi connectivity index (χ2v) is 9.05. The first-order valence-corrected chi connectivity index (χ1v) is 11.2. The van der Waals surface area contributed by atoms with Crippen molar-refractivity contribution >= 4 is 22.4 Å². The number of benzene rings is 2. The number of aliphatic hydroxyl groups is 1. The van der Waals surface area contributed by atoms with E-state index >= 15 is 0 Å². The molecule has 1 aliphatic heterocycles. The Labute approximate surface area is 168 Å². The Morgan fingerprint density at radius 1 is 1.04 bits per heavy atom. The molecule has 0 bridgehead atoms. The van der Waals surface area contributed by atoms with E-state index in [0.717, 1.165) is 24.0 Å². The minimum atomic E-state index is -1.30. The highest BCUT2D eigenvalue weighted by molar-refractivity contribution is 7.86. The Bertz CT molecular complexity index is 847. The number of aliphatic hydroxyl groups excluding tert-OH is 1. The Kier molecular flexibility index (Phi) is 6.92. The molecule has 2 aromatic rings. The van der Waals surface area contributed by atoms with Crippen LogP contribution < -0.4 is 0 Å². The van der Waals surface area contributed by atoms with Crippen LogP contribution in [0.25, 0.3) is 11.1 Å². The molecule has 1 N–H and O–H groups in total. The summed E-state index contributed by atoms with van der Waals surface area (Å²) in [5, 5.41) is 8.34.